The van der Waals surface area contributed by atoms with E-state index in [2.05, 4.69) is 19.7 Å². The molecular weight excluding hydrogens is 215 g/mol. The molecule has 0 fully saturated rings. The average molecular weight is 224 g/mol. The standard InChI is InChI=1S/C4H6O2S.C2H5O3P/c1-3-7(5,6)4-2;1-2-6(3,4)5/h3-4H,1-2H2;2H,1H2,(H2,3,4,5)/p-2. The molecule has 0 spiro atoms. The monoisotopic (exact) mass is 224 g/mol. The molecule has 0 rings (SSSR count). The van der Waals surface area contributed by atoms with Gasteiger partial charge in [0, 0.05) is 10.8 Å². The third-order valence-electron chi connectivity index (χ3n) is 0.688. The largest absolute Gasteiger partial charge is 0.808 e. The van der Waals surface area contributed by atoms with E-state index in [1.165, 1.54) is 0 Å². The van der Waals surface area contributed by atoms with E-state index in [1.54, 1.807) is 0 Å². The molecule has 0 unspecified atom stereocenters. The van der Waals surface area contributed by atoms with Gasteiger partial charge in [-0.25, -0.2) is 8.42 Å². The molecule has 0 bridgehead atoms. The van der Waals surface area contributed by atoms with Crippen LogP contribution in [0.15, 0.2) is 36.4 Å². The third kappa shape index (κ3) is 14.2. The van der Waals surface area contributed by atoms with Crippen LogP contribution in [0.1, 0.15) is 0 Å². The zero-order chi connectivity index (χ0) is 11.1. The molecule has 0 amide bonds. The molecule has 76 valence electrons. The van der Waals surface area contributed by atoms with Crippen molar-refractivity contribution < 1.29 is 22.8 Å². The summed E-state index contributed by atoms with van der Waals surface area (Å²) >= 11 is 0. The highest BCUT2D eigenvalue weighted by atomic mass is 32.2. The first-order valence-electron chi connectivity index (χ1n) is 2.84. The zero-order valence-electron chi connectivity index (χ0n) is 6.75. The summed E-state index contributed by atoms with van der Waals surface area (Å²) in [6.07, 6.45) is 0. The summed E-state index contributed by atoms with van der Waals surface area (Å²) in [5.74, 6) is 0.382. The summed E-state index contributed by atoms with van der Waals surface area (Å²) in [6.45, 7) is 8.83. The van der Waals surface area contributed by atoms with Crippen LogP contribution in [0, 0.1) is 0 Å². The van der Waals surface area contributed by atoms with Crippen molar-refractivity contribution in [3.8, 4) is 0 Å². The van der Waals surface area contributed by atoms with Crippen molar-refractivity contribution >= 4 is 17.4 Å². The Morgan fingerprint density at radius 1 is 1.08 bits per heavy atom. The van der Waals surface area contributed by atoms with Crippen molar-refractivity contribution in [2.24, 2.45) is 0 Å². The maximum absolute atomic E-state index is 10.1. The second kappa shape index (κ2) is 5.88. The van der Waals surface area contributed by atoms with Crippen molar-refractivity contribution in [1.82, 2.24) is 0 Å². The lowest BCUT2D eigenvalue weighted by Crippen LogP contribution is -2.09. The molecule has 0 aliphatic carbocycles. The van der Waals surface area contributed by atoms with Crippen molar-refractivity contribution in [3.05, 3.63) is 36.4 Å². The van der Waals surface area contributed by atoms with Gasteiger partial charge in [-0.15, -0.1) is 0 Å². The topological polar surface area (TPSA) is 97.3 Å². The van der Waals surface area contributed by atoms with E-state index < -0.39 is 17.4 Å². The van der Waals surface area contributed by atoms with E-state index in [4.69, 9.17) is 0 Å². The first-order chi connectivity index (χ1) is 5.68. The molecule has 0 saturated heterocycles. The summed E-state index contributed by atoms with van der Waals surface area (Å²) in [5, 5.41) is 1.69. The second-order valence-corrected chi connectivity index (χ2v) is 4.93. The summed E-state index contributed by atoms with van der Waals surface area (Å²) in [5.41, 5.74) is 0. The highest BCUT2D eigenvalue weighted by molar-refractivity contribution is 7.97. The van der Waals surface area contributed by atoms with Gasteiger partial charge in [0.2, 0.25) is 0 Å². The first-order valence-corrected chi connectivity index (χ1v) is 6.06. The average Bonchev–Trinajstić information content (AvgIpc) is 2.04. The molecule has 0 aliphatic rings. The van der Waals surface area contributed by atoms with Crippen molar-refractivity contribution in [2.75, 3.05) is 0 Å². The van der Waals surface area contributed by atoms with Gasteiger partial charge in [0.15, 0.2) is 9.84 Å². The Kier molecular flexibility index (Phi) is 6.70. The third-order valence-corrected chi connectivity index (χ3v) is 2.06. The highest BCUT2D eigenvalue weighted by Crippen LogP contribution is 2.22. The van der Waals surface area contributed by atoms with Crippen LogP contribution in [-0.4, -0.2) is 8.42 Å². The Labute approximate surface area is 77.2 Å². The minimum absolute atomic E-state index is 0.382. The molecule has 0 N–H and O–H groups in total. The van der Waals surface area contributed by atoms with Crippen molar-refractivity contribution in [3.63, 3.8) is 0 Å². The van der Waals surface area contributed by atoms with Crippen LogP contribution in [0.25, 0.3) is 0 Å². The predicted molar refractivity (Wildman–Crippen MR) is 47.1 cm³/mol. The van der Waals surface area contributed by atoms with E-state index in [1.807, 2.05) is 0 Å². The lowest BCUT2D eigenvalue weighted by Gasteiger charge is -2.23. The molecule has 0 atom stereocenters. The molecule has 0 aromatic rings. The summed E-state index contributed by atoms with van der Waals surface area (Å²) in [4.78, 5) is 18.7. The van der Waals surface area contributed by atoms with Gasteiger partial charge in [0.1, 0.15) is 0 Å². The SMILES string of the molecule is C=CP(=O)([O-])[O-].C=CS(=O)(=O)C=C. The van der Waals surface area contributed by atoms with Crippen LogP contribution in [-0.2, 0) is 14.4 Å². The van der Waals surface area contributed by atoms with E-state index in [9.17, 15) is 22.8 Å². The first kappa shape index (κ1) is 14.8. The molecule has 5 nitrogen and oxygen atoms in total. The molecule has 0 radical (unpaired) electrons. The van der Waals surface area contributed by atoms with Crippen LogP contribution in [0.4, 0.5) is 0 Å². The maximum Gasteiger partial charge on any atom is 0.191 e. The van der Waals surface area contributed by atoms with Gasteiger partial charge in [-0.05, 0) is 7.60 Å². The zero-order valence-corrected chi connectivity index (χ0v) is 8.46. The van der Waals surface area contributed by atoms with E-state index in [0.717, 1.165) is 10.8 Å². The Hall–Kier alpha value is -0.680. The minimum Gasteiger partial charge on any atom is -0.808 e. The maximum atomic E-state index is 10.1. The van der Waals surface area contributed by atoms with Crippen LogP contribution in [0.5, 0.6) is 0 Å². The van der Waals surface area contributed by atoms with Gasteiger partial charge in [-0.2, -0.15) is 0 Å². The molecule has 0 aromatic heterocycles. The lowest BCUT2D eigenvalue weighted by atomic mass is 11.3. The van der Waals surface area contributed by atoms with Crippen LogP contribution in [0.3, 0.4) is 0 Å². The summed E-state index contributed by atoms with van der Waals surface area (Å²) in [7, 11) is -7.51. The molecular formula is C6H9O5PS-2. The fraction of sp³-hybridized carbons (Fsp3) is 0. The van der Waals surface area contributed by atoms with Crippen molar-refractivity contribution in [2.45, 2.75) is 0 Å². The Bertz CT molecular complexity index is 309. The van der Waals surface area contributed by atoms with Crippen LogP contribution in [0.2, 0.25) is 0 Å². The Morgan fingerprint density at radius 2 is 1.31 bits per heavy atom. The van der Waals surface area contributed by atoms with E-state index in [-0.39, 0.29) is 0 Å². The summed E-state index contributed by atoms with van der Waals surface area (Å²) < 4.78 is 29.6. The molecule has 0 saturated carbocycles. The number of rotatable bonds is 3. The van der Waals surface area contributed by atoms with Crippen LogP contribution >= 0.6 is 7.60 Å². The van der Waals surface area contributed by atoms with Gasteiger partial charge in [0.05, 0.1) is 0 Å². The van der Waals surface area contributed by atoms with Crippen LogP contribution < -0.4 is 9.79 Å². The fourth-order valence-corrected chi connectivity index (χ4v) is 0.204. The van der Waals surface area contributed by atoms with Crippen molar-refractivity contribution in [1.29, 1.82) is 0 Å². The smallest absolute Gasteiger partial charge is 0.191 e. The second-order valence-electron chi connectivity index (χ2n) is 1.64. The fourth-order valence-electron chi connectivity index (χ4n) is 0.0680. The molecule has 0 aliphatic heterocycles. The number of hydrogen-bond acceptors (Lipinski definition) is 5. The predicted octanol–water partition coefficient (Wildman–Crippen LogP) is -0.268. The van der Waals surface area contributed by atoms with Gasteiger partial charge in [0.25, 0.3) is 0 Å². The van der Waals surface area contributed by atoms with Gasteiger partial charge < -0.3 is 14.4 Å². The quantitative estimate of drug-likeness (QED) is 0.614. The highest BCUT2D eigenvalue weighted by Gasteiger charge is 1.90. The molecule has 0 heterocycles. The Balaban J connectivity index is 0. The normalized spacial score (nSPS) is 10.6. The number of sulfone groups is 1. The summed E-state index contributed by atoms with van der Waals surface area (Å²) in [6, 6.07) is 0. The van der Waals surface area contributed by atoms with Gasteiger partial charge >= 0.3 is 0 Å². The van der Waals surface area contributed by atoms with Gasteiger partial charge in [-0.3, -0.25) is 0 Å². The van der Waals surface area contributed by atoms with E-state index >= 15 is 0 Å². The Morgan fingerprint density at radius 3 is 1.31 bits per heavy atom. The molecule has 7 heteroatoms. The molecule has 13 heavy (non-hydrogen) atoms. The lowest BCUT2D eigenvalue weighted by molar-refractivity contribution is -0.308. The molecule has 0 aromatic carbocycles. The van der Waals surface area contributed by atoms with Gasteiger partial charge in [-0.1, -0.05) is 25.6 Å². The minimum atomic E-state index is -4.38. The van der Waals surface area contributed by atoms with E-state index in [0.29, 0.717) is 5.82 Å². The number of hydrogen-bond donors (Lipinski definition) is 0.